The molecule has 156 valence electrons. The summed E-state index contributed by atoms with van der Waals surface area (Å²) in [7, 11) is 0. The zero-order valence-electron chi connectivity index (χ0n) is 17.8. The second-order valence-corrected chi connectivity index (χ2v) is 9.12. The number of fused-ring (bicyclic) bond motifs is 1. The van der Waals surface area contributed by atoms with E-state index < -0.39 is 0 Å². The fourth-order valence-electron chi connectivity index (χ4n) is 4.00. The summed E-state index contributed by atoms with van der Waals surface area (Å²) in [6.07, 6.45) is 3.25. The van der Waals surface area contributed by atoms with Gasteiger partial charge in [-0.3, -0.25) is 14.9 Å². The summed E-state index contributed by atoms with van der Waals surface area (Å²) >= 11 is 1.37. The maximum absolute atomic E-state index is 13.1. The smallest absolute Gasteiger partial charge is 0.283 e. The zero-order valence-corrected chi connectivity index (χ0v) is 18.6. The Labute approximate surface area is 186 Å². The number of benzene rings is 3. The minimum atomic E-state index is -0.358. The molecule has 0 heterocycles. The molecule has 3 aromatic carbocycles. The minimum absolute atomic E-state index is 0.0220. The molecule has 0 spiro atoms. The second-order valence-electron chi connectivity index (χ2n) is 8.01. The number of Topliss-reactive ketones (excluding diaryl/α,β-unsaturated/α-hetero) is 1. The van der Waals surface area contributed by atoms with Crippen LogP contribution in [0.5, 0.6) is 0 Å². The molecule has 4 rings (SSSR count). The molecule has 1 aliphatic rings. The summed E-state index contributed by atoms with van der Waals surface area (Å²) in [4.78, 5) is 26.0. The number of aryl methyl sites for hydroxylation is 3. The topological polar surface area (TPSA) is 60.2 Å². The highest BCUT2D eigenvalue weighted by Crippen LogP contribution is 2.36. The average Bonchev–Trinajstić information content (AvgIpc) is 2.73. The fourth-order valence-corrected chi connectivity index (χ4v) is 4.90. The molecule has 0 bridgehead atoms. The van der Waals surface area contributed by atoms with Gasteiger partial charge in [0.25, 0.3) is 5.69 Å². The van der Waals surface area contributed by atoms with Crippen molar-refractivity contribution in [2.24, 2.45) is 0 Å². The van der Waals surface area contributed by atoms with Crippen molar-refractivity contribution in [3.8, 4) is 0 Å². The van der Waals surface area contributed by atoms with E-state index in [1.807, 2.05) is 57.2 Å². The van der Waals surface area contributed by atoms with Crippen molar-refractivity contribution in [3.05, 3.63) is 104 Å². The fraction of sp³-hybridized carbons (Fsp3) is 0.192. The van der Waals surface area contributed by atoms with Crippen LogP contribution < -0.4 is 0 Å². The van der Waals surface area contributed by atoms with E-state index in [2.05, 4.69) is 6.07 Å². The van der Waals surface area contributed by atoms with Crippen LogP contribution in [0.3, 0.4) is 0 Å². The molecule has 0 aliphatic heterocycles. The molecule has 0 fully saturated rings. The normalized spacial score (nSPS) is 14.5. The Kier molecular flexibility index (Phi) is 5.79. The van der Waals surface area contributed by atoms with Crippen molar-refractivity contribution in [2.45, 2.75) is 43.4 Å². The monoisotopic (exact) mass is 429 g/mol. The predicted octanol–water partition coefficient (Wildman–Crippen LogP) is 6.88. The first kappa shape index (κ1) is 21.1. The molecule has 0 unspecified atom stereocenters. The van der Waals surface area contributed by atoms with Gasteiger partial charge < -0.3 is 0 Å². The van der Waals surface area contributed by atoms with Crippen LogP contribution in [0.1, 0.15) is 44.6 Å². The number of nitro benzene ring substituents is 1. The van der Waals surface area contributed by atoms with Crippen molar-refractivity contribution in [1.29, 1.82) is 0 Å². The van der Waals surface area contributed by atoms with Gasteiger partial charge in [0.15, 0.2) is 5.78 Å². The summed E-state index contributed by atoms with van der Waals surface area (Å²) in [5, 5.41) is 11.7. The lowest BCUT2D eigenvalue weighted by molar-refractivity contribution is -0.387. The van der Waals surface area contributed by atoms with E-state index in [9.17, 15) is 14.9 Å². The standard InChI is InChI=1S/C26H23NO3S/c1-16-4-8-21(9-5-16)31-25-11-6-19(15-24(25)27(29)30)14-20-7-10-22-18(3)12-17(2)13-23(22)26(20)28/h4-6,8-9,11-15H,7,10H2,1-3H3. The minimum Gasteiger partial charge on any atom is -0.289 e. The van der Waals surface area contributed by atoms with Crippen LogP contribution in [0, 0.1) is 30.9 Å². The maximum Gasteiger partial charge on any atom is 0.283 e. The number of nitrogens with zero attached hydrogens (tertiary/aromatic N) is 1. The van der Waals surface area contributed by atoms with Crippen LogP contribution in [-0.2, 0) is 6.42 Å². The molecule has 31 heavy (non-hydrogen) atoms. The Hall–Kier alpha value is -3.18. The Bertz CT molecular complexity index is 1230. The maximum atomic E-state index is 13.1. The highest BCUT2D eigenvalue weighted by molar-refractivity contribution is 7.99. The summed E-state index contributed by atoms with van der Waals surface area (Å²) in [5.74, 6) is 0.0220. The molecule has 0 radical (unpaired) electrons. The third-order valence-electron chi connectivity index (χ3n) is 5.57. The quantitative estimate of drug-likeness (QED) is 0.257. The number of carbonyl (C=O) groups is 1. The van der Waals surface area contributed by atoms with Gasteiger partial charge in [0.2, 0.25) is 0 Å². The van der Waals surface area contributed by atoms with Crippen molar-refractivity contribution in [2.75, 3.05) is 0 Å². The average molecular weight is 430 g/mol. The van der Waals surface area contributed by atoms with Crippen LogP contribution in [0.25, 0.3) is 6.08 Å². The lowest BCUT2D eigenvalue weighted by atomic mass is 9.83. The van der Waals surface area contributed by atoms with Crippen LogP contribution in [-0.4, -0.2) is 10.7 Å². The van der Waals surface area contributed by atoms with Gasteiger partial charge in [0.1, 0.15) is 0 Å². The van der Waals surface area contributed by atoms with Gasteiger partial charge in [-0.2, -0.15) is 0 Å². The number of hydrogen-bond acceptors (Lipinski definition) is 4. The molecule has 0 atom stereocenters. The number of rotatable bonds is 4. The third-order valence-corrected chi connectivity index (χ3v) is 6.64. The molecule has 4 nitrogen and oxygen atoms in total. The Morgan fingerprint density at radius 1 is 0.935 bits per heavy atom. The molecule has 0 saturated heterocycles. The van der Waals surface area contributed by atoms with Crippen LogP contribution >= 0.6 is 11.8 Å². The summed E-state index contributed by atoms with van der Waals surface area (Å²) in [5.41, 5.74) is 6.66. The zero-order chi connectivity index (χ0) is 22.1. The summed E-state index contributed by atoms with van der Waals surface area (Å²) < 4.78 is 0. The van der Waals surface area contributed by atoms with Crippen molar-refractivity contribution >= 4 is 29.3 Å². The Balaban J connectivity index is 1.66. The van der Waals surface area contributed by atoms with Crippen LogP contribution in [0.15, 0.2) is 70.0 Å². The van der Waals surface area contributed by atoms with Gasteiger partial charge in [-0.15, -0.1) is 0 Å². The van der Waals surface area contributed by atoms with Crippen LogP contribution in [0.2, 0.25) is 0 Å². The van der Waals surface area contributed by atoms with E-state index in [4.69, 9.17) is 0 Å². The lowest BCUT2D eigenvalue weighted by Gasteiger charge is -2.20. The van der Waals surface area contributed by atoms with Crippen molar-refractivity contribution in [1.82, 2.24) is 0 Å². The van der Waals surface area contributed by atoms with E-state index in [1.165, 1.54) is 11.8 Å². The molecule has 1 aliphatic carbocycles. The second kappa shape index (κ2) is 8.52. The van der Waals surface area contributed by atoms with Crippen molar-refractivity contribution in [3.63, 3.8) is 0 Å². The first-order chi connectivity index (χ1) is 14.8. The van der Waals surface area contributed by atoms with Gasteiger partial charge in [0, 0.05) is 22.1 Å². The van der Waals surface area contributed by atoms with Gasteiger partial charge in [-0.1, -0.05) is 47.2 Å². The molecule has 3 aromatic rings. The number of allylic oxidation sites excluding steroid dienone is 1. The molecule has 0 amide bonds. The molecular formula is C26H23NO3S. The summed E-state index contributed by atoms with van der Waals surface area (Å²) in [6.45, 7) is 6.04. The largest absolute Gasteiger partial charge is 0.289 e. The van der Waals surface area contributed by atoms with E-state index in [-0.39, 0.29) is 16.4 Å². The number of ketones is 1. The molecule has 0 aromatic heterocycles. The predicted molar refractivity (Wildman–Crippen MR) is 125 cm³/mol. The highest BCUT2D eigenvalue weighted by atomic mass is 32.2. The van der Waals surface area contributed by atoms with Gasteiger partial charge in [0.05, 0.1) is 9.82 Å². The molecular weight excluding hydrogens is 406 g/mol. The Morgan fingerprint density at radius 3 is 2.39 bits per heavy atom. The number of nitro groups is 1. The van der Waals surface area contributed by atoms with Gasteiger partial charge >= 0.3 is 0 Å². The third kappa shape index (κ3) is 4.47. The SMILES string of the molecule is Cc1ccc(Sc2ccc(C=C3CCc4c(C)cc(C)cc4C3=O)cc2[N+](=O)[O-])cc1. The first-order valence-corrected chi connectivity index (χ1v) is 11.0. The van der Waals surface area contributed by atoms with E-state index >= 15 is 0 Å². The highest BCUT2D eigenvalue weighted by Gasteiger charge is 2.24. The van der Waals surface area contributed by atoms with Crippen LogP contribution in [0.4, 0.5) is 5.69 Å². The first-order valence-electron chi connectivity index (χ1n) is 10.2. The van der Waals surface area contributed by atoms with Crippen molar-refractivity contribution < 1.29 is 9.72 Å². The Morgan fingerprint density at radius 2 is 1.68 bits per heavy atom. The lowest BCUT2D eigenvalue weighted by Crippen LogP contribution is -2.15. The van der Waals surface area contributed by atoms with E-state index in [1.54, 1.807) is 18.2 Å². The van der Waals surface area contributed by atoms with E-state index in [0.717, 1.165) is 39.1 Å². The van der Waals surface area contributed by atoms with Gasteiger partial charge in [-0.25, -0.2) is 0 Å². The summed E-state index contributed by atoms with van der Waals surface area (Å²) in [6, 6.07) is 17.1. The number of carbonyl (C=O) groups excluding carboxylic acids is 1. The van der Waals surface area contributed by atoms with E-state index in [0.29, 0.717) is 22.5 Å². The molecule has 0 saturated carbocycles. The van der Waals surface area contributed by atoms with Gasteiger partial charge in [-0.05, 0) is 80.6 Å². The molecule has 0 N–H and O–H groups in total. The molecule has 5 heteroatoms. The number of hydrogen-bond donors (Lipinski definition) is 0.